The van der Waals surface area contributed by atoms with E-state index >= 15 is 0 Å². The van der Waals surface area contributed by atoms with E-state index in [-0.39, 0.29) is 12.1 Å². The summed E-state index contributed by atoms with van der Waals surface area (Å²) >= 11 is 0. The molecule has 0 aliphatic heterocycles. The van der Waals surface area contributed by atoms with Crippen molar-refractivity contribution >= 4 is 0 Å². The fourth-order valence-electron chi connectivity index (χ4n) is 2.19. The fraction of sp³-hybridized carbons (Fsp3) is 0.692. The molecule has 1 aromatic rings. The topological polar surface area (TPSA) is 42.4 Å². The molecule has 3 heteroatoms. The number of rotatable bonds is 6. The third-order valence-corrected chi connectivity index (χ3v) is 3.17. The predicted molar refractivity (Wildman–Crippen MR) is 67.2 cm³/mol. The van der Waals surface area contributed by atoms with Crippen LogP contribution in [0, 0.1) is 0 Å². The van der Waals surface area contributed by atoms with Crippen LogP contribution in [0.3, 0.4) is 0 Å². The first-order chi connectivity index (χ1) is 7.57. The lowest BCUT2D eigenvalue weighted by Crippen LogP contribution is -2.41. The van der Waals surface area contributed by atoms with Crippen LogP contribution < -0.4 is 5.73 Å². The van der Waals surface area contributed by atoms with Crippen molar-refractivity contribution in [3.8, 4) is 0 Å². The minimum Gasteiger partial charge on any atom is -0.468 e. The Kier molecular flexibility index (Phi) is 5.03. The quantitative estimate of drug-likeness (QED) is 0.808. The lowest BCUT2D eigenvalue weighted by molar-refractivity contribution is 0.138. The maximum atomic E-state index is 6.06. The third-order valence-electron chi connectivity index (χ3n) is 3.17. The van der Waals surface area contributed by atoms with Crippen LogP contribution in [-0.4, -0.2) is 24.0 Å². The molecule has 2 N–H and O–H groups in total. The van der Waals surface area contributed by atoms with Gasteiger partial charge in [-0.1, -0.05) is 13.3 Å². The van der Waals surface area contributed by atoms with Crippen molar-refractivity contribution in [3.05, 3.63) is 24.2 Å². The molecule has 3 nitrogen and oxygen atoms in total. The van der Waals surface area contributed by atoms with Crippen molar-refractivity contribution in [2.75, 3.05) is 7.05 Å². The smallest absolute Gasteiger partial charge is 0.122 e. The maximum Gasteiger partial charge on any atom is 0.122 e. The zero-order valence-electron chi connectivity index (χ0n) is 10.8. The van der Waals surface area contributed by atoms with Crippen molar-refractivity contribution in [1.29, 1.82) is 0 Å². The number of likely N-dealkylation sites (N-methyl/N-ethyl adjacent to an activating group) is 1. The Morgan fingerprint density at radius 3 is 2.56 bits per heavy atom. The van der Waals surface area contributed by atoms with Crippen molar-refractivity contribution in [2.24, 2.45) is 5.73 Å². The minimum absolute atomic E-state index is 0.0652. The second-order valence-electron chi connectivity index (χ2n) is 4.62. The highest BCUT2D eigenvalue weighted by molar-refractivity contribution is 5.07. The molecule has 0 radical (unpaired) electrons. The number of hydrogen-bond donors (Lipinski definition) is 1. The van der Waals surface area contributed by atoms with Gasteiger partial charge in [0.1, 0.15) is 5.76 Å². The summed E-state index contributed by atoms with van der Waals surface area (Å²) in [5, 5.41) is 0. The molecule has 0 spiro atoms. The summed E-state index contributed by atoms with van der Waals surface area (Å²) in [7, 11) is 2.12. The lowest BCUT2D eigenvalue weighted by atomic mass is 10.0. The van der Waals surface area contributed by atoms with Gasteiger partial charge in [-0.3, -0.25) is 4.90 Å². The van der Waals surface area contributed by atoms with Gasteiger partial charge < -0.3 is 10.2 Å². The van der Waals surface area contributed by atoms with Crippen LogP contribution in [0.4, 0.5) is 0 Å². The van der Waals surface area contributed by atoms with Gasteiger partial charge in [0.2, 0.25) is 0 Å². The van der Waals surface area contributed by atoms with Crippen molar-refractivity contribution < 1.29 is 4.42 Å². The van der Waals surface area contributed by atoms with E-state index in [4.69, 9.17) is 10.2 Å². The Morgan fingerprint density at radius 2 is 2.12 bits per heavy atom. The highest BCUT2D eigenvalue weighted by atomic mass is 16.3. The fourth-order valence-corrected chi connectivity index (χ4v) is 2.19. The summed E-state index contributed by atoms with van der Waals surface area (Å²) in [4.78, 5) is 2.31. The monoisotopic (exact) mass is 224 g/mol. The summed E-state index contributed by atoms with van der Waals surface area (Å²) in [5.74, 6) is 0.959. The standard InChI is InChI=1S/C13H24N2O/c1-5-7-10(2)15(4)13(11(3)14)12-8-6-9-16-12/h6,8-11,13H,5,7,14H2,1-4H3. The normalized spacial score (nSPS) is 17.4. The van der Waals surface area contributed by atoms with Crippen LogP contribution >= 0.6 is 0 Å². The second-order valence-corrected chi connectivity index (χ2v) is 4.62. The van der Waals surface area contributed by atoms with Gasteiger partial charge >= 0.3 is 0 Å². The molecule has 0 amide bonds. The Hall–Kier alpha value is -0.800. The molecule has 0 saturated carbocycles. The van der Waals surface area contributed by atoms with E-state index in [0.29, 0.717) is 6.04 Å². The summed E-state index contributed by atoms with van der Waals surface area (Å²) in [6.07, 6.45) is 4.08. The number of nitrogens with zero attached hydrogens (tertiary/aromatic N) is 1. The predicted octanol–water partition coefficient (Wildman–Crippen LogP) is 2.79. The van der Waals surface area contributed by atoms with Gasteiger partial charge in [0.05, 0.1) is 12.3 Å². The van der Waals surface area contributed by atoms with Gasteiger partial charge in [0.15, 0.2) is 0 Å². The zero-order valence-corrected chi connectivity index (χ0v) is 10.8. The largest absolute Gasteiger partial charge is 0.468 e. The average Bonchev–Trinajstić information content (AvgIpc) is 2.71. The molecule has 0 aromatic carbocycles. The van der Waals surface area contributed by atoms with Crippen molar-refractivity contribution in [2.45, 2.75) is 51.7 Å². The highest BCUT2D eigenvalue weighted by Crippen LogP contribution is 2.25. The number of furan rings is 1. The Morgan fingerprint density at radius 1 is 1.44 bits per heavy atom. The van der Waals surface area contributed by atoms with Crippen molar-refractivity contribution in [1.82, 2.24) is 4.90 Å². The van der Waals surface area contributed by atoms with Crippen molar-refractivity contribution in [3.63, 3.8) is 0 Å². The van der Waals surface area contributed by atoms with Crippen LogP contribution in [0.1, 0.15) is 45.4 Å². The van der Waals surface area contributed by atoms with Crippen LogP contribution in [0.15, 0.2) is 22.8 Å². The van der Waals surface area contributed by atoms with Gasteiger partial charge in [-0.25, -0.2) is 0 Å². The summed E-state index contributed by atoms with van der Waals surface area (Å²) < 4.78 is 5.48. The van der Waals surface area contributed by atoms with Gasteiger partial charge in [0, 0.05) is 12.1 Å². The maximum absolute atomic E-state index is 6.06. The van der Waals surface area contributed by atoms with E-state index in [2.05, 4.69) is 25.8 Å². The van der Waals surface area contributed by atoms with Crippen LogP contribution in [-0.2, 0) is 0 Å². The Bertz CT molecular complexity index is 282. The summed E-state index contributed by atoms with van der Waals surface area (Å²) in [6, 6.07) is 4.67. The first kappa shape index (κ1) is 13.3. The summed E-state index contributed by atoms with van der Waals surface area (Å²) in [6.45, 7) is 6.47. The van der Waals surface area contributed by atoms with E-state index in [9.17, 15) is 0 Å². The van der Waals surface area contributed by atoms with Crippen LogP contribution in [0.25, 0.3) is 0 Å². The molecular weight excluding hydrogens is 200 g/mol. The Balaban J connectivity index is 2.78. The summed E-state index contributed by atoms with van der Waals surface area (Å²) in [5.41, 5.74) is 6.06. The second kappa shape index (κ2) is 6.06. The molecule has 1 aromatic heterocycles. The molecule has 0 fully saturated rings. The van der Waals surface area contributed by atoms with Gasteiger partial charge in [0.25, 0.3) is 0 Å². The molecule has 3 atom stereocenters. The first-order valence-electron chi connectivity index (χ1n) is 6.08. The molecule has 1 rings (SSSR count). The lowest BCUT2D eigenvalue weighted by Gasteiger charge is -2.34. The Labute approximate surface area is 98.6 Å². The molecule has 0 aliphatic carbocycles. The molecule has 1 heterocycles. The molecule has 0 saturated heterocycles. The minimum atomic E-state index is 0.0652. The van der Waals surface area contributed by atoms with Crippen LogP contribution in [0.2, 0.25) is 0 Å². The third kappa shape index (κ3) is 3.09. The molecule has 92 valence electrons. The van der Waals surface area contributed by atoms with E-state index in [1.165, 1.54) is 12.8 Å². The first-order valence-corrected chi connectivity index (χ1v) is 6.08. The van der Waals surface area contributed by atoms with Gasteiger partial charge in [-0.05, 0) is 39.4 Å². The zero-order chi connectivity index (χ0) is 12.1. The molecule has 0 bridgehead atoms. The molecule has 0 aliphatic rings. The van der Waals surface area contributed by atoms with Crippen LogP contribution in [0.5, 0.6) is 0 Å². The number of hydrogen-bond acceptors (Lipinski definition) is 3. The molecule has 3 unspecified atom stereocenters. The number of nitrogens with two attached hydrogens (primary N) is 1. The van der Waals surface area contributed by atoms with Gasteiger partial charge in [-0.15, -0.1) is 0 Å². The highest BCUT2D eigenvalue weighted by Gasteiger charge is 2.26. The van der Waals surface area contributed by atoms with E-state index in [1.807, 2.05) is 19.1 Å². The SMILES string of the molecule is CCCC(C)N(C)C(c1ccco1)C(C)N. The van der Waals surface area contributed by atoms with Gasteiger partial charge in [-0.2, -0.15) is 0 Å². The average molecular weight is 224 g/mol. The molecular formula is C13H24N2O. The molecule has 16 heavy (non-hydrogen) atoms. The van der Waals surface area contributed by atoms with E-state index in [0.717, 1.165) is 5.76 Å². The van der Waals surface area contributed by atoms with E-state index in [1.54, 1.807) is 6.26 Å². The van der Waals surface area contributed by atoms with E-state index < -0.39 is 0 Å².